The molecule has 138 valence electrons. The van der Waals surface area contributed by atoms with Crippen LogP contribution in [-0.2, 0) is 11.2 Å². The number of benzene rings is 2. The molecule has 0 fully saturated rings. The molecule has 0 N–H and O–H groups in total. The van der Waals surface area contributed by atoms with Gasteiger partial charge in [0, 0.05) is 16.6 Å². The van der Waals surface area contributed by atoms with Crippen LogP contribution in [0.4, 0.5) is 0 Å². The molecule has 0 aliphatic heterocycles. The zero-order chi connectivity index (χ0) is 19.2. The number of ketones is 1. The molecule has 0 aliphatic carbocycles. The van der Waals surface area contributed by atoms with Gasteiger partial charge in [-0.2, -0.15) is 0 Å². The van der Waals surface area contributed by atoms with Crippen molar-refractivity contribution in [3.63, 3.8) is 0 Å². The molecular formula is C22H21NO4. The maximum absolute atomic E-state index is 12.6. The van der Waals surface area contributed by atoms with Crippen molar-refractivity contribution in [2.45, 2.75) is 19.8 Å². The fourth-order valence-electron chi connectivity index (χ4n) is 2.87. The number of Topliss-reactive ketones (excluding diaryl/α,β-unsaturated/α-hetero) is 1. The highest BCUT2D eigenvalue weighted by molar-refractivity contribution is 6.05. The average Bonchev–Trinajstić information content (AvgIpc) is 2.71. The van der Waals surface area contributed by atoms with Crippen LogP contribution in [0.2, 0.25) is 0 Å². The van der Waals surface area contributed by atoms with Gasteiger partial charge in [-0.3, -0.25) is 9.78 Å². The van der Waals surface area contributed by atoms with Gasteiger partial charge in [-0.25, -0.2) is 4.79 Å². The van der Waals surface area contributed by atoms with E-state index in [-0.39, 0.29) is 12.4 Å². The Balaban J connectivity index is 1.80. The fraction of sp³-hybridized carbons (Fsp3) is 0.227. The van der Waals surface area contributed by atoms with Gasteiger partial charge in [-0.15, -0.1) is 0 Å². The van der Waals surface area contributed by atoms with Gasteiger partial charge in [0.2, 0.25) is 0 Å². The minimum Gasteiger partial charge on any atom is -0.497 e. The van der Waals surface area contributed by atoms with Gasteiger partial charge >= 0.3 is 5.97 Å². The van der Waals surface area contributed by atoms with Gasteiger partial charge in [0.1, 0.15) is 5.75 Å². The normalized spacial score (nSPS) is 10.6. The Morgan fingerprint density at radius 2 is 1.85 bits per heavy atom. The molecule has 1 heterocycles. The van der Waals surface area contributed by atoms with Gasteiger partial charge in [-0.1, -0.05) is 43.7 Å². The van der Waals surface area contributed by atoms with Crippen LogP contribution >= 0.6 is 0 Å². The summed E-state index contributed by atoms with van der Waals surface area (Å²) in [4.78, 5) is 29.6. The van der Waals surface area contributed by atoms with Crippen molar-refractivity contribution in [2.75, 3.05) is 13.7 Å². The van der Waals surface area contributed by atoms with Crippen molar-refractivity contribution >= 4 is 22.7 Å². The lowest BCUT2D eigenvalue weighted by Gasteiger charge is -2.10. The number of methoxy groups -OCH3 is 1. The molecule has 0 atom stereocenters. The molecular weight excluding hydrogens is 342 g/mol. The van der Waals surface area contributed by atoms with Crippen molar-refractivity contribution in [1.82, 2.24) is 4.98 Å². The van der Waals surface area contributed by atoms with E-state index >= 15 is 0 Å². The number of fused-ring (bicyclic) bond motifs is 1. The fourth-order valence-corrected chi connectivity index (χ4v) is 2.87. The van der Waals surface area contributed by atoms with Crippen molar-refractivity contribution in [1.29, 1.82) is 0 Å². The predicted molar refractivity (Wildman–Crippen MR) is 103 cm³/mol. The first-order chi connectivity index (χ1) is 13.1. The number of rotatable bonds is 7. The van der Waals surface area contributed by atoms with Crippen LogP contribution in [0.3, 0.4) is 0 Å². The molecule has 0 spiro atoms. The van der Waals surface area contributed by atoms with Gasteiger partial charge in [0.15, 0.2) is 12.4 Å². The van der Waals surface area contributed by atoms with Gasteiger partial charge in [-0.05, 0) is 30.7 Å². The number of aryl methyl sites for hydroxylation is 1. The number of ether oxygens (including phenoxy) is 2. The summed E-state index contributed by atoms with van der Waals surface area (Å²) < 4.78 is 10.4. The number of para-hydroxylation sites is 1. The number of carbonyl (C=O) groups is 2. The zero-order valence-electron chi connectivity index (χ0n) is 15.4. The van der Waals surface area contributed by atoms with Crippen LogP contribution in [0, 0.1) is 0 Å². The Morgan fingerprint density at radius 1 is 1.04 bits per heavy atom. The maximum atomic E-state index is 12.6. The second-order valence-electron chi connectivity index (χ2n) is 6.16. The summed E-state index contributed by atoms with van der Waals surface area (Å²) in [6, 6.07) is 15.9. The third kappa shape index (κ3) is 4.31. The van der Waals surface area contributed by atoms with Crippen molar-refractivity contribution in [2.24, 2.45) is 0 Å². The van der Waals surface area contributed by atoms with Crippen LogP contribution in [0.5, 0.6) is 5.75 Å². The maximum Gasteiger partial charge on any atom is 0.339 e. The molecule has 27 heavy (non-hydrogen) atoms. The van der Waals surface area contributed by atoms with E-state index in [1.807, 2.05) is 24.3 Å². The highest BCUT2D eigenvalue weighted by Gasteiger charge is 2.16. The summed E-state index contributed by atoms with van der Waals surface area (Å²) in [5.41, 5.74) is 2.45. The Morgan fingerprint density at radius 3 is 2.63 bits per heavy atom. The topological polar surface area (TPSA) is 65.5 Å². The molecule has 0 radical (unpaired) electrons. The molecule has 3 rings (SSSR count). The Labute approximate surface area is 157 Å². The minimum absolute atomic E-state index is 0.283. The minimum atomic E-state index is -0.526. The third-order valence-electron chi connectivity index (χ3n) is 4.22. The molecule has 0 saturated heterocycles. The first-order valence-corrected chi connectivity index (χ1v) is 8.85. The van der Waals surface area contributed by atoms with E-state index in [0.29, 0.717) is 16.9 Å². The van der Waals surface area contributed by atoms with Crippen LogP contribution in [0.1, 0.15) is 39.8 Å². The second kappa shape index (κ2) is 8.45. The quantitative estimate of drug-likeness (QED) is 0.464. The molecule has 1 aromatic heterocycles. The number of hydrogen-bond acceptors (Lipinski definition) is 5. The average molecular weight is 363 g/mol. The Kier molecular flexibility index (Phi) is 5.81. The van der Waals surface area contributed by atoms with Crippen molar-refractivity contribution in [3.8, 4) is 5.75 Å². The number of hydrogen-bond donors (Lipinski definition) is 0. The van der Waals surface area contributed by atoms with E-state index in [9.17, 15) is 9.59 Å². The molecule has 5 nitrogen and oxygen atoms in total. The van der Waals surface area contributed by atoms with E-state index in [4.69, 9.17) is 9.47 Å². The summed E-state index contributed by atoms with van der Waals surface area (Å²) in [6.45, 7) is 1.73. The number of esters is 1. The first kappa shape index (κ1) is 18.6. The predicted octanol–water partition coefficient (Wildman–Crippen LogP) is 4.24. The van der Waals surface area contributed by atoms with Crippen LogP contribution in [-0.4, -0.2) is 30.5 Å². The van der Waals surface area contributed by atoms with E-state index in [0.717, 1.165) is 29.4 Å². The molecule has 0 bridgehead atoms. The van der Waals surface area contributed by atoms with Crippen LogP contribution in [0.15, 0.2) is 54.6 Å². The molecule has 0 saturated carbocycles. The number of nitrogens with zero attached hydrogens (tertiary/aromatic N) is 1. The molecule has 2 aromatic carbocycles. The third-order valence-corrected chi connectivity index (χ3v) is 4.22. The van der Waals surface area contributed by atoms with Crippen molar-refractivity contribution < 1.29 is 19.1 Å². The first-order valence-electron chi connectivity index (χ1n) is 8.85. The summed E-state index contributed by atoms with van der Waals surface area (Å²) in [6.07, 6.45) is 1.70. The molecule has 3 aromatic rings. The standard InChI is InChI=1S/C22H21NO4/c1-3-7-16-13-19(18-10-4-5-11-20(18)23-16)22(25)27-14-21(24)15-8-6-9-17(12-15)26-2/h4-6,8-13H,3,7,14H2,1-2H3. The lowest BCUT2D eigenvalue weighted by Crippen LogP contribution is -2.15. The largest absolute Gasteiger partial charge is 0.497 e. The summed E-state index contributed by atoms with van der Waals surface area (Å²) in [5, 5.41) is 0.719. The van der Waals surface area contributed by atoms with E-state index in [2.05, 4.69) is 11.9 Å². The zero-order valence-corrected chi connectivity index (χ0v) is 15.4. The van der Waals surface area contributed by atoms with E-state index < -0.39 is 5.97 Å². The van der Waals surface area contributed by atoms with Gasteiger partial charge < -0.3 is 9.47 Å². The van der Waals surface area contributed by atoms with Gasteiger partial charge in [0.25, 0.3) is 0 Å². The Hall–Kier alpha value is -3.21. The van der Waals surface area contributed by atoms with Crippen LogP contribution < -0.4 is 4.74 Å². The van der Waals surface area contributed by atoms with E-state index in [1.54, 1.807) is 30.3 Å². The molecule has 0 aliphatic rings. The second-order valence-corrected chi connectivity index (χ2v) is 6.16. The molecule has 0 amide bonds. The number of aromatic nitrogens is 1. The smallest absolute Gasteiger partial charge is 0.339 e. The summed E-state index contributed by atoms with van der Waals surface area (Å²) in [5.74, 6) is -0.229. The van der Waals surface area contributed by atoms with Gasteiger partial charge in [0.05, 0.1) is 18.2 Å². The lowest BCUT2D eigenvalue weighted by molar-refractivity contribution is 0.0476. The monoisotopic (exact) mass is 363 g/mol. The highest BCUT2D eigenvalue weighted by Crippen LogP contribution is 2.20. The van der Waals surface area contributed by atoms with E-state index in [1.165, 1.54) is 7.11 Å². The molecule has 0 unspecified atom stereocenters. The van der Waals surface area contributed by atoms with Crippen LogP contribution in [0.25, 0.3) is 10.9 Å². The number of pyridine rings is 1. The highest BCUT2D eigenvalue weighted by atomic mass is 16.5. The SMILES string of the molecule is CCCc1cc(C(=O)OCC(=O)c2cccc(OC)c2)c2ccccc2n1. The number of carbonyl (C=O) groups excluding carboxylic acids is 2. The lowest BCUT2D eigenvalue weighted by atomic mass is 10.1. The Bertz CT molecular complexity index is 981. The summed E-state index contributed by atoms with van der Waals surface area (Å²) >= 11 is 0. The van der Waals surface area contributed by atoms with Crippen molar-refractivity contribution in [3.05, 3.63) is 71.4 Å². The molecule has 5 heteroatoms. The summed E-state index contributed by atoms with van der Waals surface area (Å²) in [7, 11) is 1.53.